The summed E-state index contributed by atoms with van der Waals surface area (Å²) in [6.07, 6.45) is 1.92. The van der Waals surface area contributed by atoms with Crippen LogP contribution in [0.3, 0.4) is 0 Å². The lowest BCUT2D eigenvalue weighted by Crippen LogP contribution is -2.49. The van der Waals surface area contributed by atoms with Crippen LogP contribution < -0.4 is 20.3 Å². The van der Waals surface area contributed by atoms with Gasteiger partial charge in [0.15, 0.2) is 11.5 Å². The SMILES string of the molecule is COc1ccc(-c2cn(C)c(=O)c3cc(CN4CCNC[C@@H]4C)sc23)cc1OC. The highest BCUT2D eigenvalue weighted by Crippen LogP contribution is 2.37. The Morgan fingerprint density at radius 3 is 2.72 bits per heavy atom. The number of nitrogens with one attached hydrogen (secondary N) is 1. The van der Waals surface area contributed by atoms with Crippen LogP contribution in [0.2, 0.25) is 0 Å². The van der Waals surface area contributed by atoms with Crippen molar-refractivity contribution in [3.8, 4) is 22.6 Å². The second-order valence-electron chi connectivity index (χ2n) is 7.51. The van der Waals surface area contributed by atoms with E-state index < -0.39 is 0 Å². The third-order valence-corrected chi connectivity index (χ3v) is 6.75. The van der Waals surface area contributed by atoms with E-state index in [0.717, 1.165) is 47.4 Å². The molecule has 0 bridgehead atoms. The number of fused-ring (bicyclic) bond motifs is 1. The summed E-state index contributed by atoms with van der Waals surface area (Å²) < 4.78 is 13.5. The van der Waals surface area contributed by atoms with Crippen LogP contribution in [-0.2, 0) is 13.6 Å². The monoisotopic (exact) mass is 413 g/mol. The lowest BCUT2D eigenvalue weighted by Gasteiger charge is -2.33. The zero-order chi connectivity index (χ0) is 20.5. The minimum Gasteiger partial charge on any atom is -0.493 e. The molecule has 3 heterocycles. The third-order valence-electron chi connectivity index (χ3n) is 5.59. The molecule has 0 saturated carbocycles. The number of thiophene rings is 1. The molecule has 1 aromatic carbocycles. The highest BCUT2D eigenvalue weighted by molar-refractivity contribution is 7.19. The fourth-order valence-corrected chi connectivity index (χ4v) is 5.11. The Labute approximate surface area is 174 Å². The van der Waals surface area contributed by atoms with Crippen molar-refractivity contribution < 1.29 is 9.47 Å². The van der Waals surface area contributed by atoms with Crippen LogP contribution in [0, 0.1) is 0 Å². The fourth-order valence-electron chi connectivity index (χ4n) is 3.91. The number of hydrogen-bond acceptors (Lipinski definition) is 6. The van der Waals surface area contributed by atoms with E-state index in [1.807, 2.05) is 31.4 Å². The van der Waals surface area contributed by atoms with Crippen LogP contribution >= 0.6 is 11.3 Å². The van der Waals surface area contributed by atoms with Crippen LogP contribution in [-0.4, -0.2) is 49.4 Å². The highest BCUT2D eigenvalue weighted by Gasteiger charge is 2.20. The number of methoxy groups -OCH3 is 2. The summed E-state index contributed by atoms with van der Waals surface area (Å²) in [6.45, 7) is 6.15. The van der Waals surface area contributed by atoms with Crippen molar-refractivity contribution in [3.63, 3.8) is 0 Å². The normalized spacial score (nSPS) is 17.6. The van der Waals surface area contributed by atoms with Gasteiger partial charge >= 0.3 is 0 Å². The Morgan fingerprint density at radius 2 is 2.00 bits per heavy atom. The zero-order valence-corrected chi connectivity index (χ0v) is 18.1. The second kappa shape index (κ2) is 8.18. The molecule has 0 spiro atoms. The smallest absolute Gasteiger partial charge is 0.259 e. The molecule has 1 saturated heterocycles. The molecule has 0 radical (unpaired) electrons. The van der Waals surface area contributed by atoms with Gasteiger partial charge in [0.1, 0.15) is 0 Å². The minimum absolute atomic E-state index is 0.0417. The van der Waals surface area contributed by atoms with E-state index in [1.165, 1.54) is 4.88 Å². The molecule has 2 aromatic heterocycles. The summed E-state index contributed by atoms with van der Waals surface area (Å²) in [4.78, 5) is 16.5. The summed E-state index contributed by atoms with van der Waals surface area (Å²) in [5.41, 5.74) is 2.08. The van der Waals surface area contributed by atoms with Gasteiger partial charge in [0, 0.05) is 60.6 Å². The molecular weight excluding hydrogens is 386 g/mol. The van der Waals surface area contributed by atoms with E-state index in [-0.39, 0.29) is 5.56 Å². The standard InChI is InChI=1S/C22H27N3O3S/c1-14-11-23-7-8-25(14)12-16-10-17-21(29-16)18(13-24(2)22(17)26)15-5-6-19(27-3)20(9-15)28-4/h5-6,9-10,13-14,23H,7-8,11-12H2,1-4H3/t14-/m0/s1. The fraction of sp³-hybridized carbons (Fsp3) is 0.409. The van der Waals surface area contributed by atoms with E-state index in [0.29, 0.717) is 17.5 Å². The predicted molar refractivity (Wildman–Crippen MR) is 118 cm³/mol. The third kappa shape index (κ3) is 3.77. The first-order valence-electron chi connectivity index (χ1n) is 9.81. The van der Waals surface area contributed by atoms with Gasteiger partial charge in [-0.05, 0) is 30.7 Å². The van der Waals surface area contributed by atoms with E-state index in [9.17, 15) is 4.79 Å². The molecule has 0 amide bonds. The van der Waals surface area contributed by atoms with Gasteiger partial charge in [-0.25, -0.2) is 0 Å². The van der Waals surface area contributed by atoms with Gasteiger partial charge in [-0.15, -0.1) is 11.3 Å². The Balaban J connectivity index is 1.79. The van der Waals surface area contributed by atoms with Crippen molar-refractivity contribution >= 4 is 21.4 Å². The maximum absolute atomic E-state index is 12.8. The van der Waals surface area contributed by atoms with Crippen LogP contribution in [0.25, 0.3) is 21.2 Å². The van der Waals surface area contributed by atoms with Crippen LogP contribution in [0.15, 0.2) is 35.3 Å². The Morgan fingerprint density at radius 1 is 1.21 bits per heavy atom. The summed E-state index contributed by atoms with van der Waals surface area (Å²) in [5.74, 6) is 1.37. The van der Waals surface area contributed by atoms with Gasteiger partial charge in [0.2, 0.25) is 0 Å². The number of nitrogens with zero attached hydrogens (tertiary/aromatic N) is 2. The Hall–Kier alpha value is -2.35. The number of aromatic nitrogens is 1. The van der Waals surface area contributed by atoms with E-state index in [1.54, 1.807) is 30.1 Å². The molecule has 1 N–H and O–H groups in total. The van der Waals surface area contributed by atoms with Crippen LogP contribution in [0.4, 0.5) is 0 Å². The number of rotatable bonds is 5. The van der Waals surface area contributed by atoms with E-state index in [2.05, 4.69) is 23.2 Å². The van der Waals surface area contributed by atoms with Crippen molar-refractivity contribution in [1.82, 2.24) is 14.8 Å². The largest absolute Gasteiger partial charge is 0.493 e. The molecule has 7 heteroatoms. The number of ether oxygens (including phenoxy) is 2. The first-order chi connectivity index (χ1) is 14.0. The molecule has 3 aromatic rings. The summed E-state index contributed by atoms with van der Waals surface area (Å²) in [6, 6.07) is 8.44. The first-order valence-corrected chi connectivity index (χ1v) is 10.6. The number of hydrogen-bond donors (Lipinski definition) is 1. The van der Waals surface area contributed by atoms with Gasteiger partial charge in [-0.2, -0.15) is 0 Å². The molecule has 1 atom stereocenters. The molecule has 29 heavy (non-hydrogen) atoms. The number of piperazine rings is 1. The Kier molecular flexibility index (Phi) is 5.63. The quantitative estimate of drug-likeness (QED) is 0.697. The molecule has 1 fully saturated rings. The Bertz CT molecular complexity index is 1090. The zero-order valence-electron chi connectivity index (χ0n) is 17.3. The number of benzene rings is 1. The van der Waals surface area contributed by atoms with Gasteiger partial charge in [0.25, 0.3) is 5.56 Å². The maximum atomic E-state index is 12.8. The molecule has 1 aliphatic rings. The average molecular weight is 414 g/mol. The molecule has 1 aliphatic heterocycles. The van der Waals surface area contributed by atoms with Crippen LogP contribution in [0.5, 0.6) is 11.5 Å². The van der Waals surface area contributed by atoms with E-state index in [4.69, 9.17) is 9.47 Å². The first kappa shape index (κ1) is 19.9. The lowest BCUT2D eigenvalue weighted by molar-refractivity contribution is 0.167. The second-order valence-corrected chi connectivity index (χ2v) is 8.64. The molecule has 4 rings (SSSR count). The summed E-state index contributed by atoms with van der Waals surface area (Å²) >= 11 is 1.71. The average Bonchev–Trinajstić information content (AvgIpc) is 3.16. The van der Waals surface area contributed by atoms with Gasteiger partial charge in [-0.3, -0.25) is 9.69 Å². The molecule has 6 nitrogen and oxygen atoms in total. The van der Waals surface area contributed by atoms with Crippen LogP contribution in [0.1, 0.15) is 11.8 Å². The van der Waals surface area contributed by atoms with E-state index >= 15 is 0 Å². The van der Waals surface area contributed by atoms with Crippen molar-refractivity contribution in [2.45, 2.75) is 19.5 Å². The predicted octanol–water partition coefficient (Wildman–Crippen LogP) is 3.08. The summed E-state index contributed by atoms with van der Waals surface area (Å²) in [5, 5.41) is 4.21. The van der Waals surface area contributed by atoms with Gasteiger partial charge in [-0.1, -0.05) is 6.07 Å². The number of aryl methyl sites for hydroxylation is 1. The molecule has 154 valence electrons. The highest BCUT2D eigenvalue weighted by atomic mass is 32.1. The maximum Gasteiger partial charge on any atom is 0.259 e. The van der Waals surface area contributed by atoms with Gasteiger partial charge < -0.3 is 19.4 Å². The van der Waals surface area contributed by atoms with Crippen molar-refractivity contribution in [2.75, 3.05) is 33.9 Å². The van der Waals surface area contributed by atoms with Crippen molar-refractivity contribution in [2.24, 2.45) is 7.05 Å². The van der Waals surface area contributed by atoms with Gasteiger partial charge in [0.05, 0.1) is 19.6 Å². The van der Waals surface area contributed by atoms with Crippen molar-refractivity contribution in [3.05, 3.63) is 45.7 Å². The molecular formula is C22H27N3O3S. The molecule has 0 unspecified atom stereocenters. The lowest BCUT2D eigenvalue weighted by atomic mass is 10.1. The topological polar surface area (TPSA) is 55.7 Å². The minimum atomic E-state index is 0.0417. The molecule has 0 aliphatic carbocycles. The summed E-state index contributed by atoms with van der Waals surface area (Å²) in [7, 11) is 5.07. The van der Waals surface area contributed by atoms with Crippen molar-refractivity contribution in [1.29, 1.82) is 0 Å². The number of pyridine rings is 1.